The quantitative estimate of drug-likeness (QED) is 0.645. The van der Waals surface area contributed by atoms with Crippen LogP contribution in [-0.4, -0.2) is 23.0 Å². The summed E-state index contributed by atoms with van der Waals surface area (Å²) in [6, 6.07) is 14.7. The summed E-state index contributed by atoms with van der Waals surface area (Å²) >= 11 is 6.14. The lowest BCUT2D eigenvalue weighted by atomic mass is 10.1. The van der Waals surface area contributed by atoms with Crippen LogP contribution < -0.4 is 15.4 Å². The maximum Gasteiger partial charge on any atom is 0.262 e. The molecule has 0 aliphatic carbocycles. The first-order valence-electron chi connectivity index (χ1n) is 9.66. The fourth-order valence-corrected chi connectivity index (χ4v) is 3.92. The largest absolute Gasteiger partial charge is 0.482 e. The van der Waals surface area contributed by atoms with Crippen molar-refractivity contribution in [3.63, 3.8) is 0 Å². The van der Waals surface area contributed by atoms with Crippen molar-refractivity contribution in [1.82, 2.24) is 9.88 Å². The Morgan fingerprint density at radius 1 is 1.20 bits per heavy atom. The second-order valence-corrected chi connectivity index (χ2v) is 7.82. The van der Waals surface area contributed by atoms with E-state index in [0.717, 1.165) is 22.6 Å². The number of anilines is 1. The van der Waals surface area contributed by atoms with Gasteiger partial charge in [-0.25, -0.2) is 0 Å². The number of hydrogen-bond donors (Lipinski definition) is 2. The number of fused-ring (bicyclic) bond motifs is 1. The zero-order valence-corrected chi connectivity index (χ0v) is 17.7. The summed E-state index contributed by atoms with van der Waals surface area (Å²) < 4.78 is 7.40. The van der Waals surface area contributed by atoms with E-state index >= 15 is 0 Å². The summed E-state index contributed by atoms with van der Waals surface area (Å²) in [5, 5.41) is 6.48. The van der Waals surface area contributed by atoms with Gasteiger partial charge in [-0.2, -0.15) is 0 Å². The number of carbonyl (C=O) groups is 2. The second kappa shape index (κ2) is 7.88. The molecule has 154 valence electrons. The Bertz CT molecular complexity index is 1150. The van der Waals surface area contributed by atoms with Gasteiger partial charge in [-0.05, 0) is 62.7 Å². The molecule has 7 heteroatoms. The molecule has 2 amide bonds. The highest BCUT2D eigenvalue weighted by Crippen LogP contribution is 2.31. The molecule has 0 spiro atoms. The normalized spacial score (nSPS) is 13.8. The van der Waals surface area contributed by atoms with Gasteiger partial charge in [-0.3, -0.25) is 9.59 Å². The summed E-state index contributed by atoms with van der Waals surface area (Å²) in [6.07, 6.45) is 0. The zero-order valence-electron chi connectivity index (χ0n) is 17.0. The molecule has 2 heterocycles. The Morgan fingerprint density at radius 3 is 2.77 bits per heavy atom. The van der Waals surface area contributed by atoms with Gasteiger partial charge in [0, 0.05) is 22.1 Å². The Hall–Kier alpha value is -3.25. The first-order valence-corrected chi connectivity index (χ1v) is 10.0. The van der Waals surface area contributed by atoms with Gasteiger partial charge in [0.2, 0.25) is 0 Å². The smallest absolute Gasteiger partial charge is 0.262 e. The lowest BCUT2D eigenvalue weighted by Gasteiger charge is -2.21. The molecule has 1 aliphatic rings. The third-order valence-electron chi connectivity index (χ3n) is 5.23. The summed E-state index contributed by atoms with van der Waals surface area (Å²) in [5.41, 5.74) is 4.79. The second-order valence-electron chi connectivity index (χ2n) is 7.39. The zero-order chi connectivity index (χ0) is 21.4. The summed E-state index contributed by atoms with van der Waals surface area (Å²) in [7, 11) is 0. The van der Waals surface area contributed by atoms with Crippen molar-refractivity contribution in [3.8, 4) is 11.4 Å². The van der Waals surface area contributed by atoms with Crippen molar-refractivity contribution in [3.05, 3.63) is 76.1 Å². The molecule has 0 radical (unpaired) electrons. The number of amides is 2. The number of nitrogens with zero attached hydrogens (tertiary/aromatic N) is 1. The number of hydrogen-bond acceptors (Lipinski definition) is 3. The van der Waals surface area contributed by atoms with Gasteiger partial charge in [0.15, 0.2) is 6.61 Å². The van der Waals surface area contributed by atoms with Crippen molar-refractivity contribution < 1.29 is 14.3 Å². The molecule has 1 unspecified atom stereocenters. The van der Waals surface area contributed by atoms with Gasteiger partial charge in [-0.1, -0.05) is 23.7 Å². The predicted molar refractivity (Wildman–Crippen MR) is 117 cm³/mol. The van der Waals surface area contributed by atoms with E-state index in [1.165, 1.54) is 0 Å². The molecular formula is C23H22ClN3O3. The lowest BCUT2D eigenvalue weighted by Crippen LogP contribution is -2.28. The topological polar surface area (TPSA) is 72.4 Å². The molecule has 0 saturated heterocycles. The summed E-state index contributed by atoms with van der Waals surface area (Å²) in [6.45, 7) is 5.79. The Balaban J connectivity index is 1.57. The number of ether oxygens (including phenoxy) is 1. The molecule has 0 saturated carbocycles. The molecule has 0 fully saturated rings. The molecule has 2 N–H and O–H groups in total. The Kier molecular flexibility index (Phi) is 5.26. The molecule has 0 bridgehead atoms. The van der Waals surface area contributed by atoms with E-state index in [1.807, 2.05) is 67.8 Å². The van der Waals surface area contributed by atoms with Crippen LogP contribution in [0.4, 0.5) is 5.69 Å². The van der Waals surface area contributed by atoms with Crippen LogP contribution in [-0.2, 0) is 4.79 Å². The van der Waals surface area contributed by atoms with Crippen molar-refractivity contribution >= 4 is 29.1 Å². The first kappa shape index (κ1) is 20.0. The number of halogens is 1. The summed E-state index contributed by atoms with van der Waals surface area (Å²) in [4.78, 5) is 24.6. The number of nitrogens with one attached hydrogen (secondary N) is 2. The van der Waals surface area contributed by atoms with Crippen LogP contribution in [0.1, 0.15) is 40.3 Å². The first-order chi connectivity index (χ1) is 14.3. The molecular weight excluding hydrogens is 402 g/mol. The summed E-state index contributed by atoms with van der Waals surface area (Å²) in [5.74, 6) is 0.272. The van der Waals surface area contributed by atoms with Crippen LogP contribution >= 0.6 is 11.6 Å². The monoisotopic (exact) mass is 423 g/mol. The van der Waals surface area contributed by atoms with E-state index in [2.05, 4.69) is 10.6 Å². The van der Waals surface area contributed by atoms with Crippen LogP contribution in [0.3, 0.4) is 0 Å². The molecule has 6 nitrogen and oxygen atoms in total. The maximum absolute atomic E-state index is 13.0. The average molecular weight is 424 g/mol. The van der Waals surface area contributed by atoms with Gasteiger partial charge in [-0.15, -0.1) is 0 Å². The van der Waals surface area contributed by atoms with E-state index in [-0.39, 0.29) is 24.5 Å². The number of carbonyl (C=O) groups excluding carboxylic acids is 2. The molecule has 4 rings (SSSR count). The van der Waals surface area contributed by atoms with Crippen LogP contribution in [0.25, 0.3) is 5.69 Å². The number of aromatic nitrogens is 1. The van der Waals surface area contributed by atoms with Crippen LogP contribution in [0.2, 0.25) is 5.02 Å². The molecule has 3 aromatic rings. The van der Waals surface area contributed by atoms with Crippen molar-refractivity contribution in [2.45, 2.75) is 26.8 Å². The number of rotatable bonds is 4. The third kappa shape index (κ3) is 3.78. The standard InChI is InChI=1S/C23H22ClN3O3/c1-13-9-19(15(3)27(13)18-6-4-5-17(24)11-18)23(29)25-14(2)16-7-8-21-20(10-16)26-22(28)12-30-21/h4-11,14H,12H2,1-3H3,(H,25,29)(H,26,28). The van der Waals surface area contributed by atoms with Gasteiger partial charge in [0.05, 0.1) is 17.3 Å². The van der Waals surface area contributed by atoms with E-state index in [4.69, 9.17) is 16.3 Å². The minimum atomic E-state index is -0.254. The van der Waals surface area contributed by atoms with Crippen molar-refractivity contribution in [2.75, 3.05) is 11.9 Å². The van der Waals surface area contributed by atoms with Crippen LogP contribution in [0, 0.1) is 13.8 Å². The van der Waals surface area contributed by atoms with E-state index < -0.39 is 0 Å². The highest BCUT2D eigenvalue weighted by Gasteiger charge is 2.21. The van der Waals surface area contributed by atoms with Crippen LogP contribution in [0.5, 0.6) is 5.75 Å². The fraction of sp³-hybridized carbons (Fsp3) is 0.217. The Morgan fingerprint density at radius 2 is 2.00 bits per heavy atom. The average Bonchev–Trinajstić information content (AvgIpc) is 3.01. The lowest BCUT2D eigenvalue weighted by molar-refractivity contribution is -0.118. The minimum absolute atomic E-state index is 0.0148. The van der Waals surface area contributed by atoms with Crippen molar-refractivity contribution in [2.24, 2.45) is 0 Å². The van der Waals surface area contributed by atoms with Gasteiger partial charge in [0.25, 0.3) is 11.8 Å². The third-order valence-corrected chi connectivity index (χ3v) is 5.46. The Labute approximate surface area is 179 Å². The highest BCUT2D eigenvalue weighted by atomic mass is 35.5. The van der Waals surface area contributed by atoms with Gasteiger partial charge in [0.1, 0.15) is 5.75 Å². The van der Waals surface area contributed by atoms with Crippen LogP contribution in [0.15, 0.2) is 48.5 Å². The molecule has 1 aliphatic heterocycles. The molecule has 2 aromatic carbocycles. The highest BCUT2D eigenvalue weighted by molar-refractivity contribution is 6.30. The van der Waals surface area contributed by atoms with E-state index in [9.17, 15) is 9.59 Å². The fourth-order valence-electron chi connectivity index (χ4n) is 3.73. The van der Waals surface area contributed by atoms with E-state index in [1.54, 1.807) is 6.07 Å². The number of aryl methyl sites for hydroxylation is 1. The number of benzene rings is 2. The molecule has 1 atom stereocenters. The van der Waals surface area contributed by atoms with Gasteiger partial charge >= 0.3 is 0 Å². The van der Waals surface area contributed by atoms with Gasteiger partial charge < -0.3 is 19.9 Å². The maximum atomic E-state index is 13.0. The minimum Gasteiger partial charge on any atom is -0.482 e. The van der Waals surface area contributed by atoms with Crippen molar-refractivity contribution in [1.29, 1.82) is 0 Å². The molecule has 1 aromatic heterocycles. The SMILES string of the molecule is Cc1cc(C(=O)NC(C)c2ccc3c(c2)NC(=O)CO3)c(C)n1-c1cccc(Cl)c1. The molecule has 30 heavy (non-hydrogen) atoms. The van der Waals surface area contributed by atoms with E-state index in [0.29, 0.717) is 22.0 Å². The predicted octanol–water partition coefficient (Wildman–Crippen LogP) is 4.57.